The number of hydrogen-bond donors (Lipinski definition) is 1. The first kappa shape index (κ1) is 23.8. The van der Waals surface area contributed by atoms with Crippen molar-refractivity contribution in [1.82, 2.24) is 9.80 Å². The molecule has 0 spiro atoms. The van der Waals surface area contributed by atoms with Crippen molar-refractivity contribution in [1.29, 1.82) is 0 Å². The van der Waals surface area contributed by atoms with Crippen LogP contribution < -0.4 is 15.0 Å². The van der Waals surface area contributed by atoms with Gasteiger partial charge in [0.25, 0.3) is 0 Å². The fourth-order valence-electron chi connectivity index (χ4n) is 4.66. The summed E-state index contributed by atoms with van der Waals surface area (Å²) in [5.41, 5.74) is 5.04. The van der Waals surface area contributed by atoms with E-state index in [2.05, 4.69) is 45.1 Å². The number of thiocarbonyl (C=S) groups is 1. The SMILES string of the molecule is CCN1CCCc2cc(CN(CCN3CCOCC3)C(=S)Nc3ccccc3OC)ccc21. The summed E-state index contributed by atoms with van der Waals surface area (Å²) in [4.78, 5) is 7.21. The van der Waals surface area contributed by atoms with Crippen LogP contribution in [0.15, 0.2) is 42.5 Å². The Hall–Kier alpha value is -2.35. The summed E-state index contributed by atoms with van der Waals surface area (Å²) in [7, 11) is 1.69. The summed E-state index contributed by atoms with van der Waals surface area (Å²) in [5.74, 6) is 0.793. The minimum absolute atomic E-state index is 0.723. The molecular formula is C26H36N4O2S. The monoisotopic (exact) mass is 468 g/mol. The smallest absolute Gasteiger partial charge is 0.173 e. The van der Waals surface area contributed by atoms with Gasteiger partial charge in [0, 0.05) is 51.5 Å². The number of ether oxygens (including phenoxy) is 2. The summed E-state index contributed by atoms with van der Waals surface area (Å²) in [6.45, 7) is 10.6. The predicted molar refractivity (Wildman–Crippen MR) is 140 cm³/mol. The van der Waals surface area contributed by atoms with Gasteiger partial charge in [0.2, 0.25) is 0 Å². The Morgan fingerprint density at radius 1 is 1.15 bits per heavy atom. The van der Waals surface area contributed by atoms with E-state index in [1.807, 2.05) is 24.3 Å². The normalized spacial score (nSPS) is 16.2. The van der Waals surface area contributed by atoms with Crippen LogP contribution in [0.1, 0.15) is 24.5 Å². The number of nitrogens with one attached hydrogen (secondary N) is 1. The molecule has 1 N–H and O–H groups in total. The third-order valence-corrected chi connectivity index (χ3v) is 6.90. The van der Waals surface area contributed by atoms with Crippen LogP contribution in [-0.4, -0.2) is 74.5 Å². The fraction of sp³-hybridized carbons (Fsp3) is 0.500. The van der Waals surface area contributed by atoms with Crippen molar-refractivity contribution in [3.8, 4) is 5.75 Å². The van der Waals surface area contributed by atoms with Crippen molar-refractivity contribution in [3.05, 3.63) is 53.6 Å². The van der Waals surface area contributed by atoms with E-state index in [1.54, 1.807) is 7.11 Å². The van der Waals surface area contributed by atoms with Crippen LogP contribution in [0.4, 0.5) is 11.4 Å². The Labute approximate surface area is 203 Å². The highest BCUT2D eigenvalue weighted by atomic mass is 32.1. The molecule has 2 aromatic rings. The molecule has 0 amide bonds. The fourth-order valence-corrected chi connectivity index (χ4v) is 4.92. The standard InChI is InChI=1S/C26H36N4O2S/c1-3-29-12-6-7-22-19-21(10-11-24(22)29)20-30(14-13-28-15-17-32-18-16-28)26(33)27-23-8-4-5-9-25(23)31-2/h4-5,8-11,19H,3,6-7,12-18,20H2,1-2H3,(H,27,33). The van der Waals surface area contributed by atoms with Crippen LogP contribution in [0, 0.1) is 0 Å². The van der Waals surface area contributed by atoms with Gasteiger partial charge in [0.15, 0.2) is 5.11 Å². The van der Waals surface area contributed by atoms with E-state index in [4.69, 9.17) is 21.7 Å². The molecule has 2 aliphatic heterocycles. The quantitative estimate of drug-likeness (QED) is 0.587. The number of morpholine rings is 1. The molecule has 0 saturated carbocycles. The third kappa shape index (κ3) is 6.16. The number of benzene rings is 2. The number of hydrogen-bond acceptors (Lipinski definition) is 5. The zero-order chi connectivity index (χ0) is 23.0. The van der Waals surface area contributed by atoms with E-state index in [0.717, 1.165) is 82.0 Å². The lowest BCUT2D eigenvalue weighted by Crippen LogP contribution is -2.44. The first-order chi connectivity index (χ1) is 16.2. The lowest BCUT2D eigenvalue weighted by Gasteiger charge is -2.33. The van der Waals surface area contributed by atoms with Crippen molar-refractivity contribution >= 4 is 28.7 Å². The van der Waals surface area contributed by atoms with Crippen LogP contribution >= 0.6 is 12.2 Å². The molecule has 0 aliphatic carbocycles. The van der Waals surface area contributed by atoms with E-state index in [1.165, 1.54) is 23.2 Å². The molecule has 4 rings (SSSR count). The topological polar surface area (TPSA) is 40.2 Å². The average Bonchev–Trinajstić information content (AvgIpc) is 2.86. The molecule has 2 aliphatic rings. The molecule has 0 radical (unpaired) electrons. The number of fused-ring (bicyclic) bond motifs is 1. The predicted octanol–water partition coefficient (Wildman–Crippen LogP) is 4.00. The van der Waals surface area contributed by atoms with Crippen molar-refractivity contribution in [2.75, 3.05) is 69.8 Å². The lowest BCUT2D eigenvalue weighted by atomic mass is 9.99. The molecule has 0 aromatic heterocycles. The third-order valence-electron chi connectivity index (χ3n) is 6.54. The molecule has 2 heterocycles. The highest BCUT2D eigenvalue weighted by molar-refractivity contribution is 7.80. The van der Waals surface area contributed by atoms with Crippen LogP contribution in [0.3, 0.4) is 0 Å². The summed E-state index contributed by atoms with van der Waals surface area (Å²) in [6, 6.07) is 14.9. The van der Waals surface area contributed by atoms with Gasteiger partial charge in [-0.05, 0) is 61.3 Å². The summed E-state index contributed by atoms with van der Waals surface area (Å²) < 4.78 is 11.0. The Kier molecular flexibility index (Phi) is 8.42. The molecule has 0 unspecified atom stereocenters. The van der Waals surface area contributed by atoms with Crippen molar-refractivity contribution < 1.29 is 9.47 Å². The second-order valence-corrected chi connectivity index (χ2v) is 9.04. The van der Waals surface area contributed by atoms with Gasteiger partial charge in [-0.25, -0.2) is 0 Å². The average molecular weight is 469 g/mol. The summed E-state index contributed by atoms with van der Waals surface area (Å²) in [6.07, 6.45) is 2.37. The lowest BCUT2D eigenvalue weighted by molar-refractivity contribution is 0.0358. The molecule has 1 fully saturated rings. The van der Waals surface area contributed by atoms with Crippen LogP contribution in [-0.2, 0) is 17.7 Å². The van der Waals surface area contributed by atoms with Gasteiger partial charge in [0.1, 0.15) is 5.75 Å². The number of nitrogens with zero attached hydrogens (tertiary/aromatic N) is 3. The Morgan fingerprint density at radius 3 is 2.76 bits per heavy atom. The number of aryl methyl sites for hydroxylation is 1. The van der Waals surface area contributed by atoms with Gasteiger partial charge >= 0.3 is 0 Å². The largest absolute Gasteiger partial charge is 0.495 e. The second-order valence-electron chi connectivity index (χ2n) is 8.65. The molecule has 6 nitrogen and oxygen atoms in total. The van der Waals surface area contributed by atoms with E-state index in [-0.39, 0.29) is 0 Å². The number of methoxy groups -OCH3 is 1. The van der Waals surface area contributed by atoms with E-state index < -0.39 is 0 Å². The summed E-state index contributed by atoms with van der Waals surface area (Å²) in [5, 5.41) is 4.15. The van der Waals surface area contributed by atoms with Gasteiger partial charge in [-0.3, -0.25) is 4.90 Å². The van der Waals surface area contributed by atoms with E-state index in [9.17, 15) is 0 Å². The Morgan fingerprint density at radius 2 is 1.97 bits per heavy atom. The van der Waals surface area contributed by atoms with Crippen molar-refractivity contribution in [2.45, 2.75) is 26.3 Å². The number of para-hydroxylation sites is 2. The van der Waals surface area contributed by atoms with Gasteiger partial charge in [-0.2, -0.15) is 0 Å². The molecule has 2 aromatic carbocycles. The van der Waals surface area contributed by atoms with Crippen LogP contribution in [0.5, 0.6) is 5.75 Å². The molecular weight excluding hydrogens is 432 g/mol. The van der Waals surface area contributed by atoms with Crippen LogP contribution in [0.2, 0.25) is 0 Å². The Bertz CT molecular complexity index is 932. The zero-order valence-electron chi connectivity index (χ0n) is 19.9. The molecule has 0 bridgehead atoms. The van der Waals surface area contributed by atoms with Gasteiger partial charge in [-0.15, -0.1) is 0 Å². The zero-order valence-corrected chi connectivity index (χ0v) is 20.7. The van der Waals surface area contributed by atoms with Gasteiger partial charge in [-0.1, -0.05) is 24.3 Å². The highest BCUT2D eigenvalue weighted by Gasteiger charge is 2.19. The molecule has 0 atom stereocenters. The number of anilines is 2. The minimum atomic E-state index is 0.723. The molecule has 7 heteroatoms. The van der Waals surface area contributed by atoms with Crippen LogP contribution in [0.25, 0.3) is 0 Å². The molecule has 178 valence electrons. The molecule has 33 heavy (non-hydrogen) atoms. The highest BCUT2D eigenvalue weighted by Crippen LogP contribution is 2.29. The minimum Gasteiger partial charge on any atom is -0.495 e. The van der Waals surface area contributed by atoms with Gasteiger partial charge < -0.3 is 24.6 Å². The molecule has 1 saturated heterocycles. The maximum atomic E-state index is 5.90. The number of rotatable bonds is 8. The second kappa shape index (κ2) is 11.7. The Balaban J connectivity index is 1.50. The van der Waals surface area contributed by atoms with Gasteiger partial charge in [0.05, 0.1) is 26.0 Å². The maximum absolute atomic E-state index is 5.90. The van der Waals surface area contributed by atoms with Crippen molar-refractivity contribution in [2.24, 2.45) is 0 Å². The van der Waals surface area contributed by atoms with E-state index in [0.29, 0.717) is 0 Å². The maximum Gasteiger partial charge on any atom is 0.173 e. The first-order valence-corrected chi connectivity index (χ1v) is 12.4. The summed E-state index contributed by atoms with van der Waals surface area (Å²) >= 11 is 5.90. The first-order valence-electron chi connectivity index (χ1n) is 12.0. The van der Waals surface area contributed by atoms with E-state index >= 15 is 0 Å². The van der Waals surface area contributed by atoms with Crippen molar-refractivity contribution in [3.63, 3.8) is 0 Å².